The Morgan fingerprint density at radius 3 is 2.26 bits per heavy atom. The molecule has 4 aliphatic rings. The number of alkyl halides is 2. The molecule has 3 fully saturated rings. The van der Waals surface area contributed by atoms with Crippen LogP contribution < -0.4 is 15.1 Å². The summed E-state index contributed by atoms with van der Waals surface area (Å²) in [6.07, 6.45) is 4.83. The highest BCUT2D eigenvalue weighted by atomic mass is 35.5. The van der Waals surface area contributed by atoms with Gasteiger partial charge in [-0.1, -0.05) is 11.6 Å². The fourth-order valence-corrected chi connectivity index (χ4v) is 6.67. The van der Waals surface area contributed by atoms with Crippen molar-refractivity contribution in [3.8, 4) is 0 Å². The normalized spacial score (nSPS) is 28.5. The van der Waals surface area contributed by atoms with Crippen molar-refractivity contribution in [3.63, 3.8) is 0 Å². The van der Waals surface area contributed by atoms with E-state index in [0.29, 0.717) is 54.7 Å². The van der Waals surface area contributed by atoms with Gasteiger partial charge in [0.2, 0.25) is 11.9 Å². The first-order chi connectivity index (χ1) is 16.3. The van der Waals surface area contributed by atoms with Crippen LogP contribution in [0.3, 0.4) is 0 Å². The number of nitrogens with one attached hydrogen (secondary N) is 1. The minimum Gasteiger partial charge on any atom is -0.394 e. The predicted octanol–water partition coefficient (Wildman–Crippen LogP) is 2.08. The van der Waals surface area contributed by atoms with Gasteiger partial charge in [-0.05, 0) is 19.3 Å². The second-order valence-corrected chi connectivity index (χ2v) is 11.7. The average molecular weight is 512 g/mol. The van der Waals surface area contributed by atoms with Gasteiger partial charge in [-0.15, -0.1) is 0 Å². The van der Waals surface area contributed by atoms with Crippen LogP contribution >= 0.6 is 11.6 Å². The molecule has 2 saturated heterocycles. The zero-order valence-corrected chi connectivity index (χ0v) is 19.8. The van der Waals surface area contributed by atoms with Gasteiger partial charge in [-0.2, -0.15) is 13.8 Å². The highest BCUT2D eigenvalue weighted by Crippen LogP contribution is 2.44. The van der Waals surface area contributed by atoms with Crippen LogP contribution in [0.25, 0.3) is 0 Å². The van der Waals surface area contributed by atoms with Crippen LogP contribution in [0.4, 0.5) is 26.5 Å². The van der Waals surface area contributed by atoms with Gasteiger partial charge in [0.15, 0.2) is 0 Å². The summed E-state index contributed by atoms with van der Waals surface area (Å²) in [4.78, 5) is 21.8. The summed E-state index contributed by atoms with van der Waals surface area (Å²) in [5.74, 6) is 1.84. The number of halogens is 3. The third kappa shape index (κ3) is 3.61. The predicted molar refractivity (Wildman–Crippen MR) is 123 cm³/mol. The standard InChI is InChI=1S/C21H24ClF2N7O2S/c22-14-5-25-18(26-6-14)30-7-12-9-31(10-13(12)8-30)19-27-15-4-21(23,24)34(33)16(15)17(28-19)29-20(11-32)2-1-3-20/h5-6,12-13,32H,1-4,7-11H2,(H,27,28,29)/t12?,13?,34-/m0/s1. The number of nitrogens with zero attached hydrogens (tertiary/aromatic N) is 6. The molecule has 13 heteroatoms. The second-order valence-electron chi connectivity index (χ2n) is 9.68. The molecule has 6 rings (SSSR count). The molecular weight excluding hydrogens is 488 g/mol. The molecule has 2 N–H and O–H groups in total. The largest absolute Gasteiger partial charge is 0.394 e. The van der Waals surface area contributed by atoms with Gasteiger partial charge in [0.05, 0.1) is 41.7 Å². The van der Waals surface area contributed by atoms with Crippen LogP contribution in [-0.2, 0) is 17.2 Å². The van der Waals surface area contributed by atoms with Gasteiger partial charge >= 0.3 is 5.25 Å². The Balaban J connectivity index is 1.25. The summed E-state index contributed by atoms with van der Waals surface area (Å²) >= 11 is 5.89. The molecular formula is C21H24ClF2N7O2S. The van der Waals surface area contributed by atoms with E-state index in [9.17, 15) is 18.1 Å². The quantitative estimate of drug-likeness (QED) is 0.623. The molecule has 0 spiro atoms. The van der Waals surface area contributed by atoms with Gasteiger partial charge in [-0.25, -0.2) is 19.2 Å². The first kappa shape index (κ1) is 22.3. The summed E-state index contributed by atoms with van der Waals surface area (Å²) in [5, 5.41) is 10.2. The Kier molecular flexibility index (Phi) is 5.19. The van der Waals surface area contributed by atoms with Crippen molar-refractivity contribution >= 4 is 40.1 Å². The first-order valence-corrected chi connectivity index (χ1v) is 12.9. The lowest BCUT2D eigenvalue weighted by molar-refractivity contribution is 0.104. The van der Waals surface area contributed by atoms with Gasteiger partial charge < -0.3 is 20.2 Å². The number of hydrogen-bond acceptors (Lipinski definition) is 9. The van der Waals surface area contributed by atoms with Crippen molar-refractivity contribution in [3.05, 3.63) is 23.1 Å². The van der Waals surface area contributed by atoms with Crippen LogP contribution in [0, 0.1) is 11.8 Å². The van der Waals surface area contributed by atoms with Crippen LogP contribution in [0.2, 0.25) is 5.02 Å². The van der Waals surface area contributed by atoms with E-state index in [4.69, 9.17) is 11.6 Å². The lowest BCUT2D eigenvalue weighted by atomic mass is 9.77. The summed E-state index contributed by atoms with van der Waals surface area (Å²) in [6.45, 7) is 2.76. The van der Waals surface area contributed by atoms with Gasteiger partial charge in [0.25, 0.3) is 0 Å². The molecule has 2 aromatic rings. The minimum atomic E-state index is -3.38. The fourth-order valence-electron chi connectivity index (χ4n) is 5.40. The first-order valence-electron chi connectivity index (χ1n) is 11.3. The van der Waals surface area contributed by atoms with E-state index in [1.54, 1.807) is 12.4 Å². The summed E-state index contributed by atoms with van der Waals surface area (Å²) in [6, 6.07) is 0. The number of aliphatic hydroxyl groups is 1. The van der Waals surface area contributed by atoms with Gasteiger partial charge in [-0.3, -0.25) is 0 Å². The topological polar surface area (TPSA) is 107 Å². The third-order valence-corrected chi connectivity index (χ3v) is 9.09. The van der Waals surface area contributed by atoms with Crippen molar-refractivity contribution < 1.29 is 18.1 Å². The maximum atomic E-state index is 14.4. The molecule has 2 aromatic heterocycles. The molecule has 9 nitrogen and oxygen atoms in total. The van der Waals surface area contributed by atoms with Crippen LogP contribution in [0.5, 0.6) is 0 Å². The van der Waals surface area contributed by atoms with Gasteiger partial charge in [0.1, 0.15) is 21.5 Å². The number of rotatable bonds is 5. The molecule has 34 heavy (non-hydrogen) atoms. The van der Waals surface area contributed by atoms with Crippen molar-refractivity contribution in [1.82, 2.24) is 19.9 Å². The summed E-state index contributed by atoms with van der Waals surface area (Å²) in [5.41, 5.74) is -0.487. The van der Waals surface area contributed by atoms with Crippen molar-refractivity contribution in [1.29, 1.82) is 0 Å². The molecule has 5 heterocycles. The molecule has 0 bridgehead atoms. The van der Waals surface area contributed by atoms with E-state index in [2.05, 4.69) is 30.2 Å². The smallest absolute Gasteiger partial charge is 0.331 e. The SMILES string of the molecule is O=[S@]1c2c(nc(N3CC4CN(c5ncc(Cl)cn5)CC4C3)nc2NC2(CO)CCC2)CC1(F)F. The molecule has 2 unspecified atom stereocenters. The van der Waals surface area contributed by atoms with Crippen molar-refractivity contribution in [2.24, 2.45) is 11.8 Å². The highest BCUT2D eigenvalue weighted by molar-refractivity contribution is 7.86. The Bertz CT molecular complexity index is 1130. The van der Waals surface area contributed by atoms with E-state index < -0.39 is 28.0 Å². The Hall–Kier alpha value is -2.18. The van der Waals surface area contributed by atoms with E-state index in [1.165, 1.54) is 0 Å². The van der Waals surface area contributed by atoms with E-state index in [1.807, 2.05) is 4.90 Å². The number of fused-ring (bicyclic) bond motifs is 2. The average Bonchev–Trinajstić information content (AvgIpc) is 3.41. The lowest BCUT2D eigenvalue weighted by Gasteiger charge is -2.41. The fraction of sp³-hybridized carbons (Fsp3) is 0.619. The zero-order valence-electron chi connectivity index (χ0n) is 18.3. The maximum absolute atomic E-state index is 14.4. The maximum Gasteiger partial charge on any atom is 0.331 e. The number of aliphatic hydroxyl groups excluding tert-OH is 1. The van der Waals surface area contributed by atoms with Crippen LogP contribution in [0.1, 0.15) is 25.0 Å². The molecule has 0 radical (unpaired) electrons. The Morgan fingerprint density at radius 2 is 1.71 bits per heavy atom. The minimum absolute atomic E-state index is 0.0288. The Morgan fingerprint density at radius 1 is 1.09 bits per heavy atom. The molecule has 3 atom stereocenters. The monoisotopic (exact) mass is 511 g/mol. The van der Waals surface area contributed by atoms with Crippen LogP contribution in [-0.4, -0.2) is 72.8 Å². The molecule has 1 aliphatic carbocycles. The zero-order chi connectivity index (χ0) is 23.7. The van der Waals surface area contributed by atoms with Gasteiger partial charge in [0, 0.05) is 38.0 Å². The molecule has 3 aliphatic heterocycles. The van der Waals surface area contributed by atoms with E-state index >= 15 is 0 Å². The van der Waals surface area contributed by atoms with E-state index in [0.717, 1.165) is 19.5 Å². The van der Waals surface area contributed by atoms with Crippen molar-refractivity contribution in [2.75, 3.05) is 47.9 Å². The highest BCUT2D eigenvalue weighted by Gasteiger charge is 2.50. The molecule has 0 aromatic carbocycles. The third-order valence-electron chi connectivity index (χ3n) is 7.41. The number of anilines is 3. The summed E-state index contributed by atoms with van der Waals surface area (Å²) < 4.78 is 41.3. The number of hydrogen-bond donors (Lipinski definition) is 2. The number of aromatic nitrogens is 4. The Labute approximate surface area is 202 Å². The summed E-state index contributed by atoms with van der Waals surface area (Å²) in [7, 11) is -2.53. The molecule has 0 amide bonds. The lowest BCUT2D eigenvalue weighted by Crippen LogP contribution is -2.48. The van der Waals surface area contributed by atoms with Crippen LogP contribution in [0.15, 0.2) is 17.3 Å². The molecule has 182 valence electrons. The second kappa shape index (κ2) is 7.92. The van der Waals surface area contributed by atoms with E-state index in [-0.39, 0.29) is 23.0 Å². The molecule has 1 saturated carbocycles. The van der Waals surface area contributed by atoms with Crippen molar-refractivity contribution in [2.45, 2.75) is 41.4 Å².